The number of aryl methyl sites for hydroxylation is 1. The Morgan fingerprint density at radius 3 is 2.46 bits per heavy atom. The van der Waals surface area contributed by atoms with Gasteiger partial charge in [0.15, 0.2) is 0 Å². The summed E-state index contributed by atoms with van der Waals surface area (Å²) in [6.45, 7) is 1.89. The van der Waals surface area contributed by atoms with Gasteiger partial charge < -0.3 is 21.3 Å². The second-order valence-electron chi connectivity index (χ2n) is 5.14. The summed E-state index contributed by atoms with van der Waals surface area (Å²) in [6.07, 6.45) is 0.656. The number of carbonyl (C=O) groups is 2. The van der Waals surface area contributed by atoms with E-state index in [0.717, 1.165) is 5.56 Å². The number of nitrogens with one attached hydrogen (secondary N) is 2. The second kappa shape index (κ2) is 6.82. The lowest BCUT2D eigenvalue weighted by Crippen LogP contribution is -2.24. The number of carboxylic acid groups (broad SMARTS) is 1. The molecule has 6 N–H and O–H groups in total. The first-order valence-electron chi connectivity index (χ1n) is 7.18. The minimum atomic E-state index is -1.18. The number of anilines is 2. The van der Waals surface area contributed by atoms with Crippen LogP contribution in [0.3, 0.4) is 0 Å². The number of hydrogen-bond acceptors (Lipinski definition) is 5. The monoisotopic (exact) mass is 327 g/mol. The van der Waals surface area contributed by atoms with Crippen molar-refractivity contribution in [3.05, 3.63) is 53.1 Å². The van der Waals surface area contributed by atoms with Crippen LogP contribution in [-0.4, -0.2) is 27.8 Å². The van der Waals surface area contributed by atoms with E-state index in [1.54, 1.807) is 6.07 Å². The van der Waals surface area contributed by atoms with E-state index < -0.39 is 17.6 Å². The second-order valence-corrected chi connectivity index (χ2v) is 5.14. The summed E-state index contributed by atoms with van der Waals surface area (Å²) in [5.74, 6) is -2.31. The van der Waals surface area contributed by atoms with E-state index >= 15 is 0 Å². The Hall–Kier alpha value is -3.35. The van der Waals surface area contributed by atoms with E-state index in [-0.39, 0.29) is 22.6 Å². The van der Waals surface area contributed by atoms with E-state index in [9.17, 15) is 19.8 Å². The molecule has 2 aromatic carbocycles. The van der Waals surface area contributed by atoms with Crippen LogP contribution in [0.15, 0.2) is 36.4 Å². The number of carbonyl (C=O) groups excluding carboxylic acids is 1. The molecular formula is C17H17N3O4. The van der Waals surface area contributed by atoms with Gasteiger partial charge in [-0.25, -0.2) is 4.79 Å². The van der Waals surface area contributed by atoms with Gasteiger partial charge in [0.1, 0.15) is 11.5 Å². The molecule has 0 saturated heterocycles. The van der Waals surface area contributed by atoms with Crippen molar-refractivity contribution in [1.29, 1.82) is 5.41 Å². The Kier molecular flexibility index (Phi) is 4.84. The summed E-state index contributed by atoms with van der Waals surface area (Å²) < 4.78 is 0. The van der Waals surface area contributed by atoms with Crippen molar-refractivity contribution in [3.63, 3.8) is 0 Å². The number of benzene rings is 2. The van der Waals surface area contributed by atoms with Crippen LogP contribution in [-0.2, 0) is 11.2 Å². The highest BCUT2D eigenvalue weighted by atomic mass is 16.4. The van der Waals surface area contributed by atoms with E-state index in [2.05, 4.69) is 5.32 Å². The van der Waals surface area contributed by atoms with Gasteiger partial charge in [0.05, 0.1) is 11.3 Å². The third-order valence-electron chi connectivity index (χ3n) is 3.49. The summed E-state index contributed by atoms with van der Waals surface area (Å²) in [5, 5.41) is 29.4. The molecule has 0 aliphatic heterocycles. The Labute approximate surface area is 138 Å². The van der Waals surface area contributed by atoms with Gasteiger partial charge in [0.25, 0.3) is 5.91 Å². The van der Waals surface area contributed by atoms with Gasteiger partial charge in [-0.1, -0.05) is 13.0 Å². The minimum Gasteiger partial charge on any atom is -0.507 e. The molecule has 0 atom stereocenters. The number of carboxylic acids is 1. The number of phenols is 1. The molecule has 2 rings (SSSR count). The summed E-state index contributed by atoms with van der Waals surface area (Å²) in [6, 6.07) is 8.70. The van der Waals surface area contributed by atoms with Gasteiger partial charge in [-0.15, -0.1) is 0 Å². The first-order valence-corrected chi connectivity index (χ1v) is 7.18. The highest BCUT2D eigenvalue weighted by Gasteiger charge is 2.19. The van der Waals surface area contributed by atoms with Gasteiger partial charge in [-0.3, -0.25) is 10.2 Å². The number of aromatic hydroxyl groups is 1. The Morgan fingerprint density at radius 1 is 1.17 bits per heavy atom. The van der Waals surface area contributed by atoms with Crippen molar-refractivity contribution in [2.24, 2.45) is 0 Å². The van der Waals surface area contributed by atoms with Crippen LogP contribution in [0.5, 0.6) is 5.75 Å². The van der Waals surface area contributed by atoms with Gasteiger partial charge in [0.2, 0.25) is 0 Å². The Balaban J connectivity index is 2.29. The first kappa shape index (κ1) is 17.0. The van der Waals surface area contributed by atoms with Crippen LogP contribution >= 0.6 is 0 Å². The maximum absolute atomic E-state index is 12.2. The molecule has 0 aliphatic rings. The number of nitrogen functional groups attached to an aromatic ring is 1. The number of phenolic OH excluding ortho intramolecular Hbond substituents is 1. The first-order chi connectivity index (χ1) is 11.3. The third kappa shape index (κ3) is 3.52. The molecule has 0 aromatic heterocycles. The molecule has 24 heavy (non-hydrogen) atoms. The van der Waals surface area contributed by atoms with Crippen LogP contribution in [0.1, 0.15) is 28.4 Å². The zero-order chi connectivity index (χ0) is 17.9. The highest BCUT2D eigenvalue weighted by Crippen LogP contribution is 2.22. The molecule has 1 amide bonds. The molecule has 0 spiro atoms. The molecule has 0 aliphatic carbocycles. The maximum Gasteiger partial charge on any atom is 0.337 e. The Morgan fingerprint density at radius 2 is 1.88 bits per heavy atom. The van der Waals surface area contributed by atoms with Crippen molar-refractivity contribution in [2.75, 3.05) is 11.1 Å². The van der Waals surface area contributed by atoms with Crippen LogP contribution in [0, 0.1) is 5.41 Å². The summed E-state index contributed by atoms with van der Waals surface area (Å²) in [7, 11) is 0. The largest absolute Gasteiger partial charge is 0.507 e. The molecule has 7 heteroatoms. The predicted molar refractivity (Wildman–Crippen MR) is 90.8 cm³/mol. The number of amides is 1. The maximum atomic E-state index is 12.2. The lowest BCUT2D eigenvalue weighted by molar-refractivity contribution is -0.110. The standard InChI is InChI=1S/C17H17N3O4/c1-2-9-3-6-13(12(7-9)17(23)24)20-16(22)15(19)11-5-4-10(18)8-14(11)21/h3-8,19,21H,2,18H2,1H3,(H,20,22)(H,23,24). The van der Waals surface area contributed by atoms with E-state index in [4.69, 9.17) is 11.1 Å². The van der Waals surface area contributed by atoms with Gasteiger partial charge in [0, 0.05) is 17.3 Å². The molecular weight excluding hydrogens is 310 g/mol. The summed E-state index contributed by atoms with van der Waals surface area (Å²) in [5.41, 5.74) is 6.16. The van der Waals surface area contributed by atoms with Crippen molar-refractivity contribution in [2.45, 2.75) is 13.3 Å². The van der Waals surface area contributed by atoms with Crippen LogP contribution in [0.4, 0.5) is 11.4 Å². The molecule has 0 saturated carbocycles. The zero-order valence-electron chi connectivity index (χ0n) is 13.0. The number of rotatable bonds is 5. The van der Waals surface area contributed by atoms with Crippen molar-refractivity contribution in [3.8, 4) is 5.75 Å². The van der Waals surface area contributed by atoms with E-state index in [0.29, 0.717) is 12.1 Å². The lowest BCUT2D eigenvalue weighted by Gasteiger charge is -2.11. The van der Waals surface area contributed by atoms with E-state index in [1.807, 2.05) is 6.92 Å². The molecule has 0 bridgehead atoms. The quantitative estimate of drug-likeness (QED) is 0.424. The average molecular weight is 327 g/mol. The summed E-state index contributed by atoms with van der Waals surface area (Å²) in [4.78, 5) is 23.6. The predicted octanol–water partition coefficient (Wildman–Crippen LogP) is 2.24. The molecule has 0 heterocycles. The Bertz CT molecular complexity index is 831. The summed E-state index contributed by atoms with van der Waals surface area (Å²) >= 11 is 0. The number of aromatic carboxylic acids is 1. The van der Waals surface area contributed by atoms with E-state index in [1.165, 1.54) is 30.3 Å². The fourth-order valence-corrected chi connectivity index (χ4v) is 2.16. The fraction of sp³-hybridized carbons (Fsp3) is 0.118. The molecule has 2 aromatic rings. The van der Waals surface area contributed by atoms with Crippen molar-refractivity contribution < 1.29 is 19.8 Å². The molecule has 124 valence electrons. The lowest BCUT2D eigenvalue weighted by atomic mass is 10.1. The smallest absolute Gasteiger partial charge is 0.337 e. The topological polar surface area (TPSA) is 136 Å². The molecule has 0 fully saturated rings. The van der Waals surface area contributed by atoms with Gasteiger partial charge >= 0.3 is 5.97 Å². The molecule has 0 unspecified atom stereocenters. The number of nitrogens with two attached hydrogens (primary N) is 1. The van der Waals surface area contributed by atoms with Crippen LogP contribution in [0.2, 0.25) is 0 Å². The minimum absolute atomic E-state index is 0.00348. The van der Waals surface area contributed by atoms with Crippen molar-refractivity contribution >= 4 is 29.0 Å². The van der Waals surface area contributed by atoms with Crippen LogP contribution in [0.25, 0.3) is 0 Å². The van der Waals surface area contributed by atoms with Gasteiger partial charge in [-0.05, 0) is 36.2 Å². The zero-order valence-corrected chi connectivity index (χ0v) is 13.0. The van der Waals surface area contributed by atoms with Crippen molar-refractivity contribution in [1.82, 2.24) is 0 Å². The molecule has 0 radical (unpaired) electrons. The SMILES string of the molecule is CCc1ccc(NC(=O)C(=N)c2ccc(N)cc2O)c(C(=O)O)c1. The van der Waals surface area contributed by atoms with Gasteiger partial charge in [-0.2, -0.15) is 0 Å². The molecule has 7 nitrogen and oxygen atoms in total. The average Bonchev–Trinajstić information content (AvgIpc) is 2.54. The fourth-order valence-electron chi connectivity index (χ4n) is 2.16. The van der Waals surface area contributed by atoms with Crippen LogP contribution < -0.4 is 11.1 Å². The highest BCUT2D eigenvalue weighted by molar-refractivity contribution is 6.48. The third-order valence-corrected chi connectivity index (χ3v) is 3.49. The normalized spacial score (nSPS) is 10.2. The number of hydrogen-bond donors (Lipinski definition) is 5.